The molecule has 0 bridgehead atoms. The first kappa shape index (κ1) is 24.6. The summed E-state index contributed by atoms with van der Waals surface area (Å²) in [5, 5.41) is 5.84. The number of carbonyl (C=O) groups excluding carboxylic acids is 2. The number of fused-ring (bicyclic) bond motifs is 1. The molecule has 9 heteroatoms. The Balaban J connectivity index is 1.35. The molecule has 0 spiro atoms. The lowest BCUT2D eigenvalue weighted by Gasteiger charge is -2.10. The van der Waals surface area contributed by atoms with E-state index in [1.165, 1.54) is 35.8 Å². The lowest BCUT2D eigenvalue weighted by atomic mass is 10.1. The van der Waals surface area contributed by atoms with Crippen molar-refractivity contribution in [1.29, 1.82) is 0 Å². The highest BCUT2D eigenvalue weighted by Gasteiger charge is 2.13. The molecule has 35 heavy (non-hydrogen) atoms. The van der Waals surface area contributed by atoms with Gasteiger partial charge in [-0.25, -0.2) is 4.98 Å². The number of amides is 2. The molecule has 2 N–H and O–H groups in total. The van der Waals surface area contributed by atoms with Crippen LogP contribution in [0.25, 0.3) is 10.2 Å². The van der Waals surface area contributed by atoms with Crippen LogP contribution in [0.2, 0.25) is 0 Å². The highest BCUT2D eigenvalue weighted by Crippen LogP contribution is 2.32. The van der Waals surface area contributed by atoms with Crippen molar-refractivity contribution in [2.75, 3.05) is 25.3 Å². The van der Waals surface area contributed by atoms with Crippen molar-refractivity contribution in [2.45, 2.75) is 17.8 Å². The van der Waals surface area contributed by atoms with Crippen molar-refractivity contribution < 1.29 is 19.1 Å². The summed E-state index contributed by atoms with van der Waals surface area (Å²) in [7, 11) is 3.08. The molecule has 1 heterocycles. The van der Waals surface area contributed by atoms with E-state index in [2.05, 4.69) is 15.6 Å². The number of thiazole rings is 1. The summed E-state index contributed by atoms with van der Waals surface area (Å²) in [5.74, 6) is 1.04. The second kappa shape index (κ2) is 11.2. The number of hydrogen-bond donors (Lipinski definition) is 2. The third-order valence-corrected chi connectivity index (χ3v) is 7.37. The van der Waals surface area contributed by atoms with E-state index in [0.29, 0.717) is 29.3 Å². The molecule has 2 amide bonds. The molecule has 0 radical (unpaired) electrons. The zero-order chi connectivity index (χ0) is 24.8. The molecule has 0 aliphatic carbocycles. The van der Waals surface area contributed by atoms with E-state index in [0.717, 1.165) is 20.1 Å². The molecule has 4 aromatic rings. The van der Waals surface area contributed by atoms with Crippen LogP contribution in [0.5, 0.6) is 11.5 Å². The first-order chi connectivity index (χ1) is 16.9. The average Bonchev–Trinajstić information content (AvgIpc) is 3.29. The summed E-state index contributed by atoms with van der Waals surface area (Å²) in [6.45, 7) is 2.54. The van der Waals surface area contributed by atoms with E-state index >= 15 is 0 Å². The number of anilines is 1. The molecule has 0 aliphatic heterocycles. The highest BCUT2D eigenvalue weighted by atomic mass is 32.2. The molecular weight excluding hydrogens is 482 g/mol. The summed E-state index contributed by atoms with van der Waals surface area (Å²) in [4.78, 5) is 29.6. The molecule has 180 valence electrons. The third kappa shape index (κ3) is 6.32. The Morgan fingerprint density at radius 1 is 0.971 bits per heavy atom. The fraction of sp³-hybridized carbons (Fsp3) is 0.192. The largest absolute Gasteiger partial charge is 0.493 e. The minimum absolute atomic E-state index is 0.0438. The summed E-state index contributed by atoms with van der Waals surface area (Å²) < 4.78 is 12.2. The van der Waals surface area contributed by atoms with Gasteiger partial charge in [0, 0.05) is 17.8 Å². The summed E-state index contributed by atoms with van der Waals surface area (Å²) >= 11 is 2.89. The number of aromatic nitrogens is 1. The van der Waals surface area contributed by atoms with Crippen molar-refractivity contribution in [2.24, 2.45) is 0 Å². The van der Waals surface area contributed by atoms with Crippen LogP contribution in [0.1, 0.15) is 21.5 Å². The van der Waals surface area contributed by atoms with Gasteiger partial charge in [0.05, 0.1) is 30.2 Å². The van der Waals surface area contributed by atoms with Crippen LogP contribution in [0, 0.1) is 6.92 Å². The van der Waals surface area contributed by atoms with E-state index in [4.69, 9.17) is 9.47 Å². The van der Waals surface area contributed by atoms with Gasteiger partial charge in [-0.3, -0.25) is 9.59 Å². The van der Waals surface area contributed by atoms with Gasteiger partial charge >= 0.3 is 0 Å². The number of aryl methyl sites for hydroxylation is 1. The molecule has 0 unspecified atom stereocenters. The van der Waals surface area contributed by atoms with Gasteiger partial charge in [-0.1, -0.05) is 41.6 Å². The van der Waals surface area contributed by atoms with E-state index in [-0.39, 0.29) is 17.6 Å². The maximum Gasteiger partial charge on any atom is 0.255 e. The number of ether oxygens (including phenoxy) is 2. The van der Waals surface area contributed by atoms with Crippen LogP contribution >= 0.6 is 23.1 Å². The molecule has 0 atom stereocenters. The molecule has 7 nitrogen and oxygen atoms in total. The Hall–Kier alpha value is -3.56. The Morgan fingerprint density at radius 2 is 1.74 bits per heavy atom. The number of carbonyl (C=O) groups is 2. The standard InChI is InChI=1S/C26H25N3O4S2/c1-16-4-6-17(7-5-16)14-27-24(30)15-34-26-29-20-10-9-19(13-23(20)35-26)28-25(31)18-8-11-21(32-2)22(12-18)33-3/h4-13H,14-15H2,1-3H3,(H,27,30)(H,28,31). The van der Waals surface area contributed by atoms with E-state index in [1.807, 2.05) is 49.4 Å². The second-order valence-electron chi connectivity index (χ2n) is 7.74. The van der Waals surface area contributed by atoms with Crippen LogP contribution in [-0.4, -0.2) is 36.8 Å². The van der Waals surface area contributed by atoms with Crippen LogP contribution < -0.4 is 20.1 Å². The lowest BCUT2D eigenvalue weighted by Crippen LogP contribution is -2.24. The fourth-order valence-corrected chi connectivity index (χ4v) is 5.25. The number of nitrogens with zero attached hydrogens (tertiary/aromatic N) is 1. The summed E-state index contributed by atoms with van der Waals surface area (Å²) in [5.41, 5.74) is 4.20. The van der Waals surface area contributed by atoms with E-state index in [1.54, 1.807) is 25.3 Å². The molecule has 3 aromatic carbocycles. The fourth-order valence-electron chi connectivity index (χ4n) is 3.31. The van der Waals surface area contributed by atoms with Gasteiger partial charge in [0.25, 0.3) is 5.91 Å². The summed E-state index contributed by atoms with van der Waals surface area (Å²) in [6.07, 6.45) is 0. The van der Waals surface area contributed by atoms with Gasteiger partial charge in [-0.15, -0.1) is 11.3 Å². The average molecular weight is 508 g/mol. The number of hydrogen-bond acceptors (Lipinski definition) is 7. The van der Waals surface area contributed by atoms with E-state index < -0.39 is 0 Å². The molecule has 0 saturated heterocycles. The van der Waals surface area contributed by atoms with Crippen molar-refractivity contribution in [3.63, 3.8) is 0 Å². The highest BCUT2D eigenvalue weighted by molar-refractivity contribution is 8.01. The number of nitrogens with one attached hydrogen (secondary N) is 2. The topological polar surface area (TPSA) is 89.5 Å². The first-order valence-electron chi connectivity index (χ1n) is 10.8. The molecule has 0 aliphatic rings. The van der Waals surface area contributed by atoms with Gasteiger partial charge in [-0.05, 0) is 48.9 Å². The van der Waals surface area contributed by atoms with Crippen LogP contribution in [0.3, 0.4) is 0 Å². The molecule has 1 aromatic heterocycles. The van der Waals surface area contributed by atoms with Gasteiger partial charge in [-0.2, -0.15) is 0 Å². The number of benzene rings is 3. The number of rotatable bonds is 9. The lowest BCUT2D eigenvalue weighted by molar-refractivity contribution is -0.118. The number of thioether (sulfide) groups is 1. The monoisotopic (exact) mass is 507 g/mol. The number of methoxy groups -OCH3 is 2. The van der Waals surface area contributed by atoms with Gasteiger partial charge in [0.1, 0.15) is 0 Å². The first-order valence-corrected chi connectivity index (χ1v) is 12.6. The minimum Gasteiger partial charge on any atom is -0.493 e. The zero-order valence-electron chi connectivity index (χ0n) is 19.6. The third-order valence-electron chi connectivity index (χ3n) is 5.21. The van der Waals surface area contributed by atoms with Crippen LogP contribution in [0.15, 0.2) is 65.0 Å². The summed E-state index contributed by atoms with van der Waals surface area (Å²) in [6, 6.07) is 18.6. The molecular formula is C26H25N3O4S2. The Kier molecular flexibility index (Phi) is 7.89. The SMILES string of the molecule is COc1ccc(C(=O)Nc2ccc3nc(SCC(=O)NCc4ccc(C)cc4)sc3c2)cc1OC. The van der Waals surface area contributed by atoms with Crippen molar-refractivity contribution >= 4 is 50.8 Å². The Labute approximate surface area is 211 Å². The van der Waals surface area contributed by atoms with Crippen molar-refractivity contribution in [3.05, 3.63) is 77.4 Å². The predicted molar refractivity (Wildman–Crippen MR) is 141 cm³/mol. The van der Waals surface area contributed by atoms with Gasteiger partial charge < -0.3 is 20.1 Å². The van der Waals surface area contributed by atoms with Crippen molar-refractivity contribution in [1.82, 2.24) is 10.3 Å². The quantitative estimate of drug-likeness (QED) is 0.300. The maximum atomic E-state index is 12.7. The normalized spacial score (nSPS) is 10.7. The molecule has 0 fully saturated rings. The van der Waals surface area contributed by atoms with E-state index in [9.17, 15) is 9.59 Å². The smallest absolute Gasteiger partial charge is 0.255 e. The Morgan fingerprint density at radius 3 is 2.49 bits per heavy atom. The van der Waals surface area contributed by atoms with Crippen molar-refractivity contribution in [3.8, 4) is 11.5 Å². The second-order valence-corrected chi connectivity index (χ2v) is 9.99. The maximum absolute atomic E-state index is 12.7. The van der Waals surface area contributed by atoms with Gasteiger partial charge in [0.2, 0.25) is 5.91 Å². The van der Waals surface area contributed by atoms with Gasteiger partial charge in [0.15, 0.2) is 15.8 Å². The predicted octanol–water partition coefficient (Wildman–Crippen LogP) is 5.28. The molecule has 4 rings (SSSR count). The van der Waals surface area contributed by atoms with Crippen LogP contribution in [0.4, 0.5) is 5.69 Å². The molecule has 0 saturated carbocycles. The zero-order valence-corrected chi connectivity index (χ0v) is 21.2. The van der Waals surface area contributed by atoms with Crippen LogP contribution in [-0.2, 0) is 11.3 Å². The Bertz CT molecular complexity index is 1350. The minimum atomic E-state index is -0.255.